The van der Waals surface area contributed by atoms with Crippen LogP contribution >= 0.6 is 0 Å². The maximum absolute atomic E-state index is 12.7. The predicted octanol–water partition coefficient (Wildman–Crippen LogP) is 2.84. The topological polar surface area (TPSA) is 122 Å². The molecule has 0 saturated carbocycles. The zero-order valence-electron chi connectivity index (χ0n) is 16.8. The lowest BCUT2D eigenvalue weighted by atomic mass is 10.1. The van der Waals surface area contributed by atoms with Gasteiger partial charge in [0, 0.05) is 0 Å². The van der Waals surface area contributed by atoms with Crippen LogP contribution in [0.3, 0.4) is 0 Å². The molecule has 0 fully saturated rings. The highest BCUT2D eigenvalue weighted by Crippen LogP contribution is 2.39. The Balaban J connectivity index is 2.42. The van der Waals surface area contributed by atoms with Crippen molar-refractivity contribution in [1.29, 1.82) is 0 Å². The number of nitrogens with one attached hydrogen (secondary N) is 1. The van der Waals surface area contributed by atoms with Gasteiger partial charge in [0.1, 0.15) is 24.5 Å². The van der Waals surface area contributed by atoms with E-state index in [4.69, 9.17) is 24.7 Å². The lowest BCUT2D eigenvalue weighted by Gasteiger charge is -2.17. The van der Waals surface area contributed by atoms with Gasteiger partial charge >= 0.3 is 5.97 Å². The molecule has 2 aromatic rings. The van der Waals surface area contributed by atoms with E-state index in [9.17, 15) is 9.59 Å². The van der Waals surface area contributed by atoms with Crippen molar-refractivity contribution in [2.24, 2.45) is 0 Å². The quantitative estimate of drug-likeness (QED) is 0.450. The van der Waals surface area contributed by atoms with Gasteiger partial charge in [0.15, 0.2) is 11.5 Å². The average molecular weight is 413 g/mol. The number of nitrogens with two attached hydrogens (primary N) is 1. The third kappa shape index (κ3) is 5.07. The van der Waals surface area contributed by atoms with E-state index in [-0.39, 0.29) is 47.5 Å². The van der Waals surface area contributed by atoms with Crippen LogP contribution in [0, 0.1) is 0 Å². The second-order valence-electron chi connectivity index (χ2n) is 5.76. The Morgan fingerprint density at radius 1 is 1.07 bits per heavy atom. The molecule has 0 radical (unpaired) electrons. The highest BCUT2D eigenvalue weighted by atomic mass is 16.5. The van der Waals surface area contributed by atoms with Crippen molar-refractivity contribution in [2.45, 2.75) is 0 Å². The van der Waals surface area contributed by atoms with Gasteiger partial charge in [-0.2, -0.15) is 0 Å². The van der Waals surface area contributed by atoms with Crippen LogP contribution in [-0.4, -0.2) is 44.3 Å². The molecular weight excluding hydrogens is 390 g/mol. The number of carbonyl (C=O) groups excluding carboxylic acids is 2. The van der Waals surface area contributed by atoms with Gasteiger partial charge in [0.25, 0.3) is 5.91 Å². The minimum Gasteiger partial charge on any atom is -0.491 e. The molecule has 1 amide bonds. The number of pyridine rings is 1. The van der Waals surface area contributed by atoms with E-state index in [2.05, 4.69) is 23.5 Å². The van der Waals surface area contributed by atoms with Crippen LogP contribution < -0.4 is 25.3 Å². The van der Waals surface area contributed by atoms with Crippen LogP contribution in [0.25, 0.3) is 0 Å². The molecule has 2 rings (SSSR count). The van der Waals surface area contributed by atoms with Crippen molar-refractivity contribution in [3.63, 3.8) is 0 Å². The number of benzene rings is 1. The molecule has 0 spiro atoms. The molecule has 1 aromatic carbocycles. The summed E-state index contributed by atoms with van der Waals surface area (Å²) in [4.78, 5) is 29.1. The molecule has 3 N–H and O–H groups in total. The number of amides is 1. The zero-order valence-corrected chi connectivity index (χ0v) is 16.8. The molecule has 0 atom stereocenters. The fourth-order valence-corrected chi connectivity index (χ4v) is 2.45. The minimum atomic E-state index is -0.630. The first-order valence-corrected chi connectivity index (χ1v) is 8.81. The van der Waals surface area contributed by atoms with Gasteiger partial charge in [0.2, 0.25) is 5.88 Å². The number of rotatable bonds is 10. The molecule has 9 nitrogen and oxygen atoms in total. The average Bonchev–Trinajstić information content (AvgIpc) is 2.76. The highest BCUT2D eigenvalue weighted by molar-refractivity contribution is 6.05. The Kier molecular flexibility index (Phi) is 7.81. The van der Waals surface area contributed by atoms with Crippen LogP contribution in [-0.2, 0) is 4.74 Å². The summed E-state index contributed by atoms with van der Waals surface area (Å²) >= 11 is 0. The monoisotopic (exact) mass is 413 g/mol. The third-order valence-corrected chi connectivity index (χ3v) is 3.78. The maximum atomic E-state index is 12.7. The highest BCUT2D eigenvalue weighted by Gasteiger charge is 2.23. The molecule has 30 heavy (non-hydrogen) atoms. The molecule has 0 unspecified atom stereocenters. The molecule has 9 heteroatoms. The van der Waals surface area contributed by atoms with Crippen LogP contribution in [0.15, 0.2) is 49.6 Å². The van der Waals surface area contributed by atoms with E-state index >= 15 is 0 Å². The second-order valence-corrected chi connectivity index (χ2v) is 5.76. The summed E-state index contributed by atoms with van der Waals surface area (Å²) in [5.74, 6) is -0.795. The molecular formula is C21H23N3O6. The summed E-state index contributed by atoms with van der Waals surface area (Å²) in [5.41, 5.74) is 6.49. The molecule has 1 aromatic heterocycles. The van der Waals surface area contributed by atoms with Crippen molar-refractivity contribution >= 4 is 23.3 Å². The van der Waals surface area contributed by atoms with Crippen molar-refractivity contribution in [1.82, 2.24) is 4.98 Å². The first kappa shape index (κ1) is 22.3. The van der Waals surface area contributed by atoms with Crippen molar-refractivity contribution < 1.29 is 28.5 Å². The lowest BCUT2D eigenvalue weighted by Crippen LogP contribution is -2.16. The van der Waals surface area contributed by atoms with Crippen LogP contribution in [0.1, 0.15) is 20.8 Å². The van der Waals surface area contributed by atoms with Gasteiger partial charge in [-0.05, 0) is 24.3 Å². The SMILES string of the molecule is C=CCOC(=O)c1ccc(NC(=O)c2ccc(N)c(OC)n2)c(OC)c1OCC=C. The molecule has 1 heterocycles. The van der Waals surface area contributed by atoms with Crippen LogP contribution in [0.5, 0.6) is 17.4 Å². The number of aromatic nitrogens is 1. The number of hydrogen-bond donors (Lipinski definition) is 2. The Morgan fingerprint density at radius 2 is 1.80 bits per heavy atom. The van der Waals surface area contributed by atoms with Crippen LogP contribution in [0.4, 0.5) is 11.4 Å². The number of hydrogen-bond acceptors (Lipinski definition) is 8. The fraction of sp³-hybridized carbons (Fsp3) is 0.190. The van der Waals surface area contributed by atoms with Gasteiger partial charge in [-0.1, -0.05) is 25.3 Å². The second kappa shape index (κ2) is 10.5. The standard InChI is InChI=1S/C21H23N3O6/c1-5-11-29-17-13(21(26)30-12-6-2)7-9-15(18(17)27-3)23-19(25)16-10-8-14(22)20(24-16)28-4/h5-10H,1-2,11-12,22H2,3-4H3,(H,23,25). The first-order valence-electron chi connectivity index (χ1n) is 8.81. The molecule has 158 valence electrons. The summed E-state index contributed by atoms with van der Waals surface area (Å²) in [5, 5.41) is 2.68. The van der Waals surface area contributed by atoms with Crippen molar-refractivity contribution in [2.75, 3.05) is 38.5 Å². The Hall–Kier alpha value is -4.01. The molecule has 0 saturated heterocycles. The zero-order chi connectivity index (χ0) is 22.1. The maximum Gasteiger partial charge on any atom is 0.342 e. The van der Waals surface area contributed by atoms with Gasteiger partial charge < -0.3 is 30.0 Å². The van der Waals surface area contributed by atoms with Gasteiger partial charge in [-0.15, -0.1) is 0 Å². The van der Waals surface area contributed by atoms with E-state index in [1.165, 1.54) is 50.6 Å². The summed E-state index contributed by atoms with van der Waals surface area (Å²) in [6, 6.07) is 5.92. The van der Waals surface area contributed by atoms with Gasteiger partial charge in [0.05, 0.1) is 25.6 Å². The minimum absolute atomic E-state index is 0.0329. The fourth-order valence-electron chi connectivity index (χ4n) is 2.45. The molecule has 0 aliphatic carbocycles. The van der Waals surface area contributed by atoms with Gasteiger partial charge in [-0.3, -0.25) is 4.79 Å². The van der Waals surface area contributed by atoms with Crippen LogP contribution in [0.2, 0.25) is 0 Å². The molecule has 0 aliphatic heterocycles. The number of nitrogen functional groups attached to an aromatic ring is 1. The van der Waals surface area contributed by atoms with Crippen molar-refractivity contribution in [3.8, 4) is 17.4 Å². The van der Waals surface area contributed by atoms with Crippen molar-refractivity contribution in [3.05, 3.63) is 60.8 Å². The third-order valence-electron chi connectivity index (χ3n) is 3.78. The largest absolute Gasteiger partial charge is 0.491 e. The summed E-state index contributed by atoms with van der Waals surface area (Å²) < 4.78 is 21.1. The Bertz CT molecular complexity index is 958. The van der Waals surface area contributed by atoms with E-state index in [0.717, 1.165) is 0 Å². The van der Waals surface area contributed by atoms with E-state index in [0.29, 0.717) is 5.69 Å². The number of esters is 1. The predicted molar refractivity (Wildman–Crippen MR) is 112 cm³/mol. The first-order chi connectivity index (χ1) is 14.5. The number of nitrogens with zero attached hydrogens (tertiary/aromatic N) is 1. The number of carbonyl (C=O) groups is 2. The molecule has 0 bridgehead atoms. The normalized spacial score (nSPS) is 9.93. The summed E-state index contributed by atoms with van der Waals surface area (Å²) in [6.45, 7) is 7.24. The van der Waals surface area contributed by atoms with Gasteiger partial charge in [-0.25, -0.2) is 9.78 Å². The molecule has 0 aliphatic rings. The Labute approximate surface area is 174 Å². The number of methoxy groups -OCH3 is 2. The van der Waals surface area contributed by atoms with E-state index < -0.39 is 11.9 Å². The van der Waals surface area contributed by atoms with E-state index in [1.807, 2.05) is 0 Å². The Morgan fingerprint density at radius 3 is 2.43 bits per heavy atom. The number of ether oxygens (including phenoxy) is 4. The smallest absolute Gasteiger partial charge is 0.342 e. The lowest BCUT2D eigenvalue weighted by molar-refractivity contribution is 0.0545. The summed E-state index contributed by atoms with van der Waals surface area (Å²) in [7, 11) is 2.78. The van der Waals surface area contributed by atoms with E-state index in [1.54, 1.807) is 0 Å². The summed E-state index contributed by atoms with van der Waals surface area (Å²) in [6.07, 6.45) is 2.95. The number of anilines is 2.